The van der Waals surface area contributed by atoms with E-state index in [1.807, 2.05) is 42.6 Å². The van der Waals surface area contributed by atoms with Crippen LogP contribution in [0.5, 0.6) is 0 Å². The highest BCUT2D eigenvalue weighted by Crippen LogP contribution is 2.21. The Kier molecular flexibility index (Phi) is 3.38. The summed E-state index contributed by atoms with van der Waals surface area (Å²) in [4.78, 5) is 9.13. The van der Waals surface area contributed by atoms with Gasteiger partial charge in [0.05, 0.1) is 22.5 Å². The maximum atomic E-state index is 4.58. The summed E-state index contributed by atoms with van der Waals surface area (Å²) < 4.78 is 1.20. The molecule has 3 rings (SSSR count). The Labute approximate surface area is 116 Å². The van der Waals surface area contributed by atoms with Crippen molar-refractivity contribution in [3.05, 3.63) is 65.2 Å². The number of hydrogen-bond donors (Lipinski definition) is 0. The fourth-order valence-electron chi connectivity index (χ4n) is 1.94. The van der Waals surface area contributed by atoms with E-state index >= 15 is 0 Å². The van der Waals surface area contributed by atoms with Gasteiger partial charge in [-0.05, 0) is 24.6 Å². The molecule has 94 valence electrons. The van der Waals surface area contributed by atoms with E-state index in [0.29, 0.717) is 0 Å². The number of para-hydroxylation sites is 1. The fraction of sp³-hybridized carbons (Fsp3) is 0.125. The third-order valence-corrected chi connectivity index (χ3v) is 3.97. The van der Waals surface area contributed by atoms with Gasteiger partial charge in [-0.2, -0.15) is 0 Å². The Morgan fingerprint density at radius 1 is 1.05 bits per heavy atom. The topological polar surface area (TPSA) is 25.2 Å². The molecule has 2 aromatic carbocycles. The molecule has 0 amide bonds. The molecule has 0 saturated carbocycles. The summed E-state index contributed by atoms with van der Waals surface area (Å²) in [6, 6.07) is 18.6. The maximum Gasteiger partial charge on any atom is 0.135 e. The molecule has 19 heavy (non-hydrogen) atoms. The molecule has 2 nitrogen and oxygen atoms in total. The molecule has 0 spiro atoms. The van der Waals surface area contributed by atoms with Crippen molar-refractivity contribution in [3.63, 3.8) is 0 Å². The Balaban J connectivity index is 1.82. The zero-order valence-electron chi connectivity index (χ0n) is 10.7. The number of fused-ring (bicyclic) bond motifs is 1. The first-order valence-corrected chi connectivity index (χ1v) is 7.08. The summed E-state index contributed by atoms with van der Waals surface area (Å²) >= 11 is 1.67. The van der Waals surface area contributed by atoms with Gasteiger partial charge in [0, 0.05) is 0 Å². The number of aliphatic imine (C=N–C) groups is 1. The lowest BCUT2D eigenvalue weighted by Crippen LogP contribution is -1.90. The van der Waals surface area contributed by atoms with Crippen LogP contribution in [0.4, 0.5) is 0 Å². The van der Waals surface area contributed by atoms with E-state index in [1.165, 1.54) is 10.3 Å². The minimum absolute atomic E-state index is 0.160. The van der Waals surface area contributed by atoms with E-state index in [9.17, 15) is 0 Å². The molecule has 0 aliphatic carbocycles. The van der Waals surface area contributed by atoms with Gasteiger partial charge in [-0.15, -0.1) is 11.3 Å². The van der Waals surface area contributed by atoms with Crippen LogP contribution in [0.15, 0.2) is 59.6 Å². The monoisotopic (exact) mass is 266 g/mol. The van der Waals surface area contributed by atoms with Crippen molar-refractivity contribution in [2.24, 2.45) is 4.99 Å². The van der Waals surface area contributed by atoms with Crippen molar-refractivity contribution >= 4 is 27.8 Å². The van der Waals surface area contributed by atoms with Gasteiger partial charge in [0.2, 0.25) is 0 Å². The highest BCUT2D eigenvalue weighted by Gasteiger charge is 2.03. The van der Waals surface area contributed by atoms with Crippen LogP contribution >= 0.6 is 11.3 Å². The zero-order chi connectivity index (χ0) is 13.1. The van der Waals surface area contributed by atoms with Crippen LogP contribution < -0.4 is 0 Å². The predicted octanol–water partition coefficient (Wildman–Crippen LogP) is 4.48. The third kappa shape index (κ3) is 2.71. The second-order valence-electron chi connectivity index (χ2n) is 4.38. The van der Waals surface area contributed by atoms with Gasteiger partial charge in [-0.25, -0.2) is 4.98 Å². The van der Waals surface area contributed by atoms with Crippen molar-refractivity contribution in [2.75, 3.05) is 0 Å². The Hall–Kier alpha value is -2.00. The standard InChI is InChI=1S/C16H14N2S/c1-12(13-7-3-2-4-8-13)17-11-16-18-14-9-5-6-10-15(14)19-16/h2-12H,1H3/t12-/m1/s1. The van der Waals surface area contributed by atoms with E-state index in [-0.39, 0.29) is 6.04 Å². The van der Waals surface area contributed by atoms with Gasteiger partial charge >= 0.3 is 0 Å². The van der Waals surface area contributed by atoms with E-state index in [4.69, 9.17) is 0 Å². The number of nitrogens with zero attached hydrogens (tertiary/aromatic N) is 2. The number of benzene rings is 2. The summed E-state index contributed by atoms with van der Waals surface area (Å²) in [5.74, 6) is 0. The zero-order valence-corrected chi connectivity index (χ0v) is 11.5. The molecule has 1 atom stereocenters. The Bertz CT molecular complexity index is 668. The van der Waals surface area contributed by atoms with Crippen LogP contribution in [0.25, 0.3) is 10.2 Å². The van der Waals surface area contributed by atoms with Crippen molar-refractivity contribution in [2.45, 2.75) is 13.0 Å². The average Bonchev–Trinajstić information content (AvgIpc) is 2.88. The first-order valence-electron chi connectivity index (χ1n) is 6.26. The lowest BCUT2D eigenvalue weighted by molar-refractivity contribution is 0.825. The molecule has 1 aromatic heterocycles. The van der Waals surface area contributed by atoms with Crippen LogP contribution in [-0.2, 0) is 0 Å². The molecule has 3 aromatic rings. The largest absolute Gasteiger partial charge is 0.282 e. The number of rotatable bonds is 3. The van der Waals surface area contributed by atoms with Crippen LogP contribution in [-0.4, -0.2) is 11.2 Å². The molecule has 3 heteroatoms. The highest BCUT2D eigenvalue weighted by molar-refractivity contribution is 7.20. The number of aromatic nitrogens is 1. The van der Waals surface area contributed by atoms with Crippen LogP contribution in [0, 0.1) is 0 Å². The molecule has 0 fully saturated rings. The summed E-state index contributed by atoms with van der Waals surface area (Å²) in [5, 5.41) is 0.962. The van der Waals surface area contributed by atoms with Crippen LogP contribution in [0.2, 0.25) is 0 Å². The van der Waals surface area contributed by atoms with Crippen LogP contribution in [0.1, 0.15) is 23.5 Å². The van der Waals surface area contributed by atoms with Crippen molar-refractivity contribution in [1.82, 2.24) is 4.98 Å². The van der Waals surface area contributed by atoms with E-state index in [1.54, 1.807) is 11.3 Å². The van der Waals surface area contributed by atoms with Gasteiger partial charge in [0.25, 0.3) is 0 Å². The second kappa shape index (κ2) is 5.33. The molecular weight excluding hydrogens is 252 g/mol. The average molecular weight is 266 g/mol. The number of hydrogen-bond acceptors (Lipinski definition) is 3. The Morgan fingerprint density at radius 2 is 1.79 bits per heavy atom. The Morgan fingerprint density at radius 3 is 2.58 bits per heavy atom. The van der Waals surface area contributed by atoms with Crippen molar-refractivity contribution in [1.29, 1.82) is 0 Å². The van der Waals surface area contributed by atoms with Gasteiger partial charge in [0.15, 0.2) is 0 Å². The first kappa shape index (κ1) is 12.1. The first-order chi connectivity index (χ1) is 9.33. The molecule has 0 aliphatic heterocycles. The normalized spacial score (nSPS) is 13.1. The fourth-order valence-corrected chi connectivity index (χ4v) is 2.79. The molecule has 1 heterocycles. The molecule has 0 unspecified atom stereocenters. The molecule has 0 bridgehead atoms. The van der Waals surface area contributed by atoms with Gasteiger partial charge in [0.1, 0.15) is 5.01 Å². The predicted molar refractivity (Wildman–Crippen MR) is 82.1 cm³/mol. The highest BCUT2D eigenvalue weighted by atomic mass is 32.1. The van der Waals surface area contributed by atoms with Crippen molar-refractivity contribution < 1.29 is 0 Å². The smallest absolute Gasteiger partial charge is 0.135 e. The minimum Gasteiger partial charge on any atom is -0.282 e. The van der Waals surface area contributed by atoms with Gasteiger partial charge < -0.3 is 0 Å². The second-order valence-corrected chi connectivity index (χ2v) is 5.45. The molecule has 0 aliphatic rings. The van der Waals surface area contributed by atoms with E-state index in [0.717, 1.165) is 10.5 Å². The summed E-state index contributed by atoms with van der Waals surface area (Å²) in [6.07, 6.45) is 1.88. The lowest BCUT2D eigenvalue weighted by atomic mass is 10.1. The minimum atomic E-state index is 0.160. The summed E-state index contributed by atoms with van der Waals surface area (Å²) in [6.45, 7) is 2.10. The lowest BCUT2D eigenvalue weighted by Gasteiger charge is -2.04. The SMILES string of the molecule is C[C@@H](N=Cc1nc2ccccc2s1)c1ccccc1. The summed E-state index contributed by atoms with van der Waals surface area (Å²) in [7, 11) is 0. The molecule has 0 saturated heterocycles. The molecule has 0 N–H and O–H groups in total. The number of thiazole rings is 1. The van der Waals surface area contributed by atoms with Crippen LogP contribution in [0.3, 0.4) is 0 Å². The van der Waals surface area contributed by atoms with Crippen molar-refractivity contribution in [3.8, 4) is 0 Å². The van der Waals surface area contributed by atoms with E-state index < -0.39 is 0 Å². The molecular formula is C16H14N2S. The summed E-state index contributed by atoms with van der Waals surface area (Å²) in [5.41, 5.74) is 2.26. The van der Waals surface area contributed by atoms with Gasteiger partial charge in [-0.1, -0.05) is 42.5 Å². The van der Waals surface area contributed by atoms with Gasteiger partial charge in [-0.3, -0.25) is 4.99 Å². The maximum absolute atomic E-state index is 4.58. The third-order valence-electron chi connectivity index (χ3n) is 3.00. The molecule has 0 radical (unpaired) electrons. The quantitative estimate of drug-likeness (QED) is 0.642. The van der Waals surface area contributed by atoms with E-state index in [2.05, 4.69) is 35.1 Å².